The maximum atomic E-state index is 12.4. The molecule has 1 aromatic rings. The molecule has 1 saturated heterocycles. The summed E-state index contributed by atoms with van der Waals surface area (Å²) in [4.78, 5) is 37.6. The van der Waals surface area contributed by atoms with Gasteiger partial charge in [0.15, 0.2) is 5.78 Å². The highest BCUT2D eigenvalue weighted by atomic mass is 16.2. The van der Waals surface area contributed by atoms with Crippen LogP contribution in [0.15, 0.2) is 24.3 Å². The number of hydrogen-bond donors (Lipinski definition) is 2. The number of likely N-dealkylation sites (tertiary alicyclic amines) is 1. The lowest BCUT2D eigenvalue weighted by molar-refractivity contribution is -0.125. The predicted octanol–water partition coefficient (Wildman–Crippen LogP) is 2.41. The van der Waals surface area contributed by atoms with Crippen molar-refractivity contribution in [3.8, 4) is 0 Å². The predicted molar refractivity (Wildman–Crippen MR) is 88.5 cm³/mol. The van der Waals surface area contributed by atoms with Gasteiger partial charge in [0.1, 0.15) is 6.04 Å². The molecule has 1 aromatic carbocycles. The highest BCUT2D eigenvalue weighted by Gasteiger charge is 2.34. The van der Waals surface area contributed by atoms with Gasteiger partial charge in [0.2, 0.25) is 5.91 Å². The van der Waals surface area contributed by atoms with Crippen molar-refractivity contribution < 1.29 is 14.4 Å². The monoisotopic (exact) mass is 317 g/mol. The Bertz CT molecular complexity index is 613. The van der Waals surface area contributed by atoms with Gasteiger partial charge in [-0.3, -0.25) is 9.59 Å². The summed E-state index contributed by atoms with van der Waals surface area (Å²) in [6.07, 6.45) is 1.47. The van der Waals surface area contributed by atoms with Gasteiger partial charge in [-0.2, -0.15) is 0 Å². The molecule has 0 spiro atoms. The van der Waals surface area contributed by atoms with Gasteiger partial charge >= 0.3 is 6.03 Å². The SMILES string of the molecule is CC(=O)c1cccc(NC(=O)N2CCCC2C(=O)NC(C)C)c1. The van der Waals surface area contributed by atoms with Gasteiger partial charge in [-0.05, 0) is 45.7 Å². The molecule has 6 nitrogen and oxygen atoms in total. The second kappa shape index (κ2) is 7.26. The lowest BCUT2D eigenvalue weighted by Gasteiger charge is -2.25. The van der Waals surface area contributed by atoms with Crippen LogP contribution in [0.2, 0.25) is 0 Å². The van der Waals surface area contributed by atoms with Crippen molar-refractivity contribution in [3.63, 3.8) is 0 Å². The third-order valence-corrected chi connectivity index (χ3v) is 3.77. The number of urea groups is 1. The summed E-state index contributed by atoms with van der Waals surface area (Å²) in [5.74, 6) is -0.179. The minimum atomic E-state index is -0.437. The zero-order valence-electron chi connectivity index (χ0n) is 13.8. The molecule has 124 valence electrons. The average Bonchev–Trinajstić information content (AvgIpc) is 2.96. The van der Waals surface area contributed by atoms with Gasteiger partial charge in [-0.1, -0.05) is 12.1 Å². The van der Waals surface area contributed by atoms with E-state index in [9.17, 15) is 14.4 Å². The van der Waals surface area contributed by atoms with Crippen LogP contribution in [0.3, 0.4) is 0 Å². The van der Waals surface area contributed by atoms with Gasteiger partial charge in [-0.25, -0.2) is 4.79 Å². The Labute approximate surface area is 136 Å². The summed E-state index contributed by atoms with van der Waals surface area (Å²) in [7, 11) is 0. The van der Waals surface area contributed by atoms with Crippen LogP contribution in [-0.2, 0) is 4.79 Å². The minimum absolute atomic E-state index is 0.0419. The van der Waals surface area contributed by atoms with E-state index >= 15 is 0 Å². The number of rotatable bonds is 4. The molecule has 0 bridgehead atoms. The maximum absolute atomic E-state index is 12.4. The Morgan fingerprint density at radius 3 is 2.65 bits per heavy atom. The standard InChI is InChI=1S/C17H23N3O3/c1-11(2)18-16(22)15-8-5-9-20(15)17(23)19-14-7-4-6-13(10-14)12(3)21/h4,6-7,10-11,15H,5,8-9H2,1-3H3,(H,18,22)(H,19,23). The second-order valence-electron chi connectivity index (χ2n) is 6.08. The third kappa shape index (κ3) is 4.31. The van der Waals surface area contributed by atoms with E-state index in [4.69, 9.17) is 0 Å². The Balaban J connectivity index is 2.06. The van der Waals surface area contributed by atoms with E-state index < -0.39 is 6.04 Å². The van der Waals surface area contributed by atoms with Gasteiger partial charge in [0, 0.05) is 23.8 Å². The van der Waals surface area contributed by atoms with Crippen LogP contribution in [0.25, 0.3) is 0 Å². The van der Waals surface area contributed by atoms with Crippen LogP contribution in [0.1, 0.15) is 44.0 Å². The zero-order chi connectivity index (χ0) is 17.0. The summed E-state index contributed by atoms with van der Waals surface area (Å²) >= 11 is 0. The van der Waals surface area contributed by atoms with Crippen molar-refractivity contribution in [2.75, 3.05) is 11.9 Å². The van der Waals surface area contributed by atoms with Crippen LogP contribution < -0.4 is 10.6 Å². The molecule has 1 aliphatic heterocycles. The van der Waals surface area contributed by atoms with Crippen molar-refractivity contribution in [1.82, 2.24) is 10.2 Å². The van der Waals surface area contributed by atoms with Crippen LogP contribution in [0, 0.1) is 0 Å². The Morgan fingerprint density at radius 2 is 2.00 bits per heavy atom. The van der Waals surface area contributed by atoms with E-state index in [1.165, 1.54) is 6.92 Å². The van der Waals surface area contributed by atoms with Crippen molar-refractivity contribution in [1.29, 1.82) is 0 Å². The third-order valence-electron chi connectivity index (χ3n) is 3.77. The summed E-state index contributed by atoms with van der Waals surface area (Å²) < 4.78 is 0. The lowest BCUT2D eigenvalue weighted by atomic mass is 10.1. The molecule has 1 aliphatic rings. The van der Waals surface area contributed by atoms with Crippen molar-refractivity contribution in [2.45, 2.75) is 45.7 Å². The van der Waals surface area contributed by atoms with Crippen LogP contribution in [0.5, 0.6) is 0 Å². The molecule has 3 amide bonds. The number of hydrogen-bond acceptors (Lipinski definition) is 3. The summed E-state index contributed by atoms with van der Waals surface area (Å²) in [6, 6.07) is 6.08. The molecule has 23 heavy (non-hydrogen) atoms. The summed E-state index contributed by atoms with van der Waals surface area (Å²) in [6.45, 7) is 5.82. The van der Waals surface area contributed by atoms with Gasteiger partial charge in [0.25, 0.3) is 0 Å². The molecule has 0 aliphatic carbocycles. The number of Topliss-reactive ketones (excluding diaryl/α,β-unsaturated/α-hetero) is 1. The first-order valence-electron chi connectivity index (χ1n) is 7.87. The average molecular weight is 317 g/mol. The lowest BCUT2D eigenvalue weighted by Crippen LogP contribution is -2.48. The maximum Gasteiger partial charge on any atom is 0.322 e. The first-order chi connectivity index (χ1) is 10.9. The Hall–Kier alpha value is -2.37. The molecular weight excluding hydrogens is 294 g/mol. The molecule has 1 fully saturated rings. The molecule has 0 radical (unpaired) electrons. The number of benzene rings is 1. The van der Waals surface area contributed by atoms with Gasteiger partial charge in [-0.15, -0.1) is 0 Å². The first kappa shape index (κ1) is 17.0. The molecular formula is C17H23N3O3. The van der Waals surface area contributed by atoms with Crippen molar-refractivity contribution in [3.05, 3.63) is 29.8 Å². The molecule has 6 heteroatoms. The largest absolute Gasteiger partial charge is 0.352 e. The smallest absolute Gasteiger partial charge is 0.322 e. The van der Waals surface area contributed by atoms with Gasteiger partial charge < -0.3 is 15.5 Å². The molecule has 1 atom stereocenters. The van der Waals surface area contributed by atoms with Crippen LogP contribution in [0.4, 0.5) is 10.5 Å². The molecule has 1 unspecified atom stereocenters. The summed E-state index contributed by atoms with van der Waals surface area (Å²) in [5.41, 5.74) is 1.09. The fourth-order valence-corrected chi connectivity index (χ4v) is 2.67. The quantitative estimate of drug-likeness (QED) is 0.837. The second-order valence-corrected chi connectivity index (χ2v) is 6.08. The Morgan fingerprint density at radius 1 is 1.26 bits per heavy atom. The van der Waals surface area contributed by atoms with E-state index in [-0.39, 0.29) is 23.8 Å². The number of amides is 3. The van der Waals surface area contributed by atoms with E-state index in [0.717, 1.165) is 6.42 Å². The number of ketones is 1. The zero-order valence-corrected chi connectivity index (χ0v) is 13.8. The molecule has 0 saturated carbocycles. The Kier molecular flexibility index (Phi) is 5.36. The van der Waals surface area contributed by atoms with Crippen molar-refractivity contribution >= 4 is 23.4 Å². The highest BCUT2D eigenvalue weighted by molar-refractivity contribution is 5.97. The minimum Gasteiger partial charge on any atom is -0.352 e. The van der Waals surface area contributed by atoms with Gasteiger partial charge in [0.05, 0.1) is 0 Å². The molecule has 2 N–H and O–H groups in total. The highest BCUT2D eigenvalue weighted by Crippen LogP contribution is 2.20. The molecule has 1 heterocycles. The van der Waals surface area contributed by atoms with E-state index in [2.05, 4.69) is 10.6 Å². The summed E-state index contributed by atoms with van der Waals surface area (Å²) in [5, 5.41) is 5.62. The number of nitrogens with zero attached hydrogens (tertiary/aromatic N) is 1. The van der Waals surface area contributed by atoms with Crippen LogP contribution in [-0.4, -0.2) is 41.2 Å². The number of carbonyl (C=O) groups is 3. The molecule has 2 rings (SSSR count). The normalized spacial score (nSPS) is 17.2. The first-order valence-corrected chi connectivity index (χ1v) is 7.87. The topological polar surface area (TPSA) is 78.5 Å². The fraction of sp³-hybridized carbons (Fsp3) is 0.471. The number of anilines is 1. The van der Waals surface area contributed by atoms with Crippen molar-refractivity contribution in [2.24, 2.45) is 0 Å². The van der Waals surface area contributed by atoms with E-state index in [1.807, 2.05) is 13.8 Å². The van der Waals surface area contributed by atoms with E-state index in [1.54, 1.807) is 29.2 Å². The molecule has 0 aromatic heterocycles. The van der Waals surface area contributed by atoms with E-state index in [0.29, 0.717) is 24.2 Å². The number of nitrogens with one attached hydrogen (secondary N) is 2. The number of carbonyl (C=O) groups excluding carboxylic acids is 3. The van der Waals surface area contributed by atoms with Crippen LogP contribution >= 0.6 is 0 Å². The fourth-order valence-electron chi connectivity index (χ4n) is 2.67.